The standard InChI is InChI=1S/C50H51N9O9/c1-32-20-23-38(26-41(32)57-44(60)51-35-14-8-5-9-15-35)54-47(63)66-29-50(4,30-67-48(64)55-39-24-21-33(2)42(27-39)58-45(61)52-36-16-10-6-11-17-36)31-68-49(65)56-40-25-22-34(3)43(28-40)59-46(62)53-37-18-12-7-13-19-37/h5-28H,29-31H2,1-4H3,(H,54,63)(H,55,64)(H,56,65)(H2,51,57,60)(H2,52,58,61)(H2,53,59,62). The number of nitrogens with one attached hydrogen (secondary N) is 9. The summed E-state index contributed by atoms with van der Waals surface area (Å²) >= 11 is 0. The van der Waals surface area contributed by atoms with Crippen LogP contribution in [0.4, 0.5) is 80.0 Å². The van der Waals surface area contributed by atoms with Gasteiger partial charge in [0.25, 0.3) is 0 Å². The van der Waals surface area contributed by atoms with Gasteiger partial charge in [0.2, 0.25) is 0 Å². The van der Waals surface area contributed by atoms with Gasteiger partial charge in [-0.25, -0.2) is 28.8 Å². The molecule has 0 fully saturated rings. The van der Waals surface area contributed by atoms with Crippen LogP contribution in [0, 0.1) is 26.2 Å². The van der Waals surface area contributed by atoms with Crippen molar-refractivity contribution in [2.75, 3.05) is 67.7 Å². The van der Waals surface area contributed by atoms with E-state index in [1.165, 1.54) is 0 Å². The molecule has 0 unspecified atom stereocenters. The van der Waals surface area contributed by atoms with Crippen LogP contribution in [0.25, 0.3) is 0 Å². The normalized spacial score (nSPS) is 10.6. The molecule has 0 aliphatic rings. The van der Waals surface area contributed by atoms with Crippen molar-refractivity contribution in [1.29, 1.82) is 0 Å². The van der Waals surface area contributed by atoms with Gasteiger partial charge in [0.15, 0.2) is 0 Å². The van der Waals surface area contributed by atoms with E-state index in [9.17, 15) is 28.8 Å². The van der Waals surface area contributed by atoms with Gasteiger partial charge in [-0.2, -0.15) is 0 Å². The van der Waals surface area contributed by atoms with Crippen molar-refractivity contribution >= 4 is 87.6 Å². The van der Waals surface area contributed by atoms with Crippen molar-refractivity contribution < 1.29 is 43.0 Å². The predicted molar refractivity (Wildman–Crippen MR) is 264 cm³/mol. The van der Waals surface area contributed by atoms with Gasteiger partial charge < -0.3 is 46.1 Å². The number of aryl methyl sites for hydroxylation is 3. The highest BCUT2D eigenvalue weighted by Gasteiger charge is 2.31. The van der Waals surface area contributed by atoms with Gasteiger partial charge in [-0.1, -0.05) is 72.8 Å². The summed E-state index contributed by atoms with van der Waals surface area (Å²) in [5.41, 5.74) is 4.84. The summed E-state index contributed by atoms with van der Waals surface area (Å²) < 4.78 is 16.8. The van der Waals surface area contributed by atoms with Crippen LogP contribution >= 0.6 is 0 Å². The molecule has 18 heteroatoms. The predicted octanol–water partition coefficient (Wildman–Crippen LogP) is 11.6. The van der Waals surface area contributed by atoms with Crippen LogP contribution in [0.1, 0.15) is 23.6 Å². The quantitative estimate of drug-likeness (QED) is 0.0445. The lowest BCUT2D eigenvalue weighted by Gasteiger charge is -2.28. The van der Waals surface area contributed by atoms with E-state index in [0.717, 1.165) is 16.7 Å². The van der Waals surface area contributed by atoms with Gasteiger partial charge in [-0.3, -0.25) is 16.0 Å². The van der Waals surface area contributed by atoms with Crippen LogP contribution in [-0.4, -0.2) is 56.2 Å². The maximum atomic E-state index is 13.2. The molecule has 6 rings (SSSR count). The number of carbonyl (C=O) groups is 6. The third kappa shape index (κ3) is 15.3. The molecule has 6 aromatic carbocycles. The molecule has 68 heavy (non-hydrogen) atoms. The van der Waals surface area contributed by atoms with Crippen LogP contribution < -0.4 is 47.9 Å². The Labute approximate surface area is 392 Å². The van der Waals surface area contributed by atoms with E-state index in [1.54, 1.807) is 155 Å². The zero-order valence-electron chi connectivity index (χ0n) is 37.7. The number of anilines is 9. The van der Waals surface area contributed by atoms with Crippen molar-refractivity contribution in [2.24, 2.45) is 5.41 Å². The summed E-state index contributed by atoms with van der Waals surface area (Å²) in [5, 5.41) is 24.4. The van der Waals surface area contributed by atoms with E-state index in [-0.39, 0.29) is 0 Å². The topological polar surface area (TPSA) is 238 Å². The molecule has 0 saturated heterocycles. The first-order chi connectivity index (χ1) is 32.7. The molecule has 9 amide bonds. The number of urea groups is 3. The summed E-state index contributed by atoms with van der Waals surface area (Å²) in [5.74, 6) is 0. The monoisotopic (exact) mass is 921 g/mol. The lowest BCUT2D eigenvalue weighted by Crippen LogP contribution is -2.38. The molecule has 0 bridgehead atoms. The summed E-state index contributed by atoms with van der Waals surface area (Å²) in [6, 6.07) is 39.9. The average Bonchev–Trinajstić information content (AvgIpc) is 3.31. The molecule has 9 N–H and O–H groups in total. The number of benzene rings is 6. The summed E-state index contributed by atoms with van der Waals surface area (Å²) in [6.07, 6.45) is -2.66. The highest BCUT2D eigenvalue weighted by atomic mass is 16.6. The molecule has 6 aromatic rings. The van der Waals surface area contributed by atoms with Gasteiger partial charge in [0, 0.05) is 51.2 Å². The molecule has 0 heterocycles. The van der Waals surface area contributed by atoms with E-state index >= 15 is 0 Å². The molecule has 0 aromatic heterocycles. The van der Waals surface area contributed by atoms with E-state index in [2.05, 4.69) is 47.9 Å². The second kappa shape index (κ2) is 23.2. The Kier molecular flexibility index (Phi) is 16.5. The Morgan fingerprint density at radius 1 is 0.353 bits per heavy atom. The fraction of sp³-hybridized carbons (Fsp3) is 0.160. The smallest absolute Gasteiger partial charge is 0.411 e. The first-order valence-corrected chi connectivity index (χ1v) is 21.2. The molecule has 0 aliphatic heterocycles. The highest BCUT2D eigenvalue weighted by Crippen LogP contribution is 2.26. The summed E-state index contributed by atoms with van der Waals surface area (Å²) in [6.45, 7) is 5.74. The Morgan fingerprint density at radius 3 is 0.882 bits per heavy atom. The maximum Gasteiger partial charge on any atom is 0.411 e. The summed E-state index contributed by atoms with van der Waals surface area (Å²) in [7, 11) is 0. The van der Waals surface area contributed by atoms with Gasteiger partial charge in [-0.15, -0.1) is 0 Å². The molecule has 0 atom stereocenters. The lowest BCUT2D eigenvalue weighted by molar-refractivity contribution is 0.00327. The minimum absolute atomic E-state index is 0.303. The Hall–Kier alpha value is -9.06. The minimum atomic E-state index is -1.31. The molecule has 0 saturated carbocycles. The molecule has 0 radical (unpaired) electrons. The number of para-hydroxylation sites is 3. The van der Waals surface area contributed by atoms with Crippen LogP contribution in [0.15, 0.2) is 146 Å². The number of carbonyl (C=O) groups excluding carboxylic acids is 6. The molecular formula is C50H51N9O9. The largest absolute Gasteiger partial charge is 0.448 e. The second-order valence-corrected chi connectivity index (χ2v) is 15.8. The zero-order chi connectivity index (χ0) is 48.5. The molecule has 0 aliphatic carbocycles. The Balaban J connectivity index is 1.09. The fourth-order valence-electron chi connectivity index (χ4n) is 6.23. The minimum Gasteiger partial charge on any atom is -0.448 e. The van der Waals surface area contributed by atoms with Crippen molar-refractivity contribution in [1.82, 2.24) is 0 Å². The summed E-state index contributed by atoms with van der Waals surface area (Å²) in [4.78, 5) is 77.7. The van der Waals surface area contributed by atoms with Crippen molar-refractivity contribution in [3.8, 4) is 0 Å². The molecule has 0 spiro atoms. The van der Waals surface area contributed by atoms with Crippen LogP contribution in [0.2, 0.25) is 0 Å². The molecule has 350 valence electrons. The molecule has 18 nitrogen and oxygen atoms in total. The zero-order valence-corrected chi connectivity index (χ0v) is 37.7. The third-order valence-electron chi connectivity index (χ3n) is 9.95. The fourth-order valence-corrected chi connectivity index (χ4v) is 6.23. The SMILES string of the molecule is Cc1ccc(NC(=O)OCC(C)(COC(=O)Nc2ccc(C)c(NC(=O)Nc3ccccc3)c2)COC(=O)Nc2ccc(C)c(NC(=O)Nc3ccccc3)c2)cc1NC(=O)Nc1ccccc1. The van der Waals surface area contributed by atoms with Crippen LogP contribution in [0.5, 0.6) is 0 Å². The van der Waals surface area contributed by atoms with E-state index in [1.807, 2.05) is 18.2 Å². The number of hydrogen-bond acceptors (Lipinski definition) is 9. The van der Waals surface area contributed by atoms with Gasteiger partial charge in [0.1, 0.15) is 19.8 Å². The first kappa shape index (κ1) is 48.4. The average molecular weight is 922 g/mol. The van der Waals surface area contributed by atoms with Crippen LogP contribution in [-0.2, 0) is 14.2 Å². The van der Waals surface area contributed by atoms with E-state index in [4.69, 9.17) is 14.2 Å². The highest BCUT2D eigenvalue weighted by molar-refractivity contribution is 6.02. The number of amides is 9. The van der Waals surface area contributed by atoms with Crippen molar-refractivity contribution in [3.63, 3.8) is 0 Å². The van der Waals surface area contributed by atoms with Gasteiger partial charge in [-0.05, 0) is 117 Å². The van der Waals surface area contributed by atoms with E-state index in [0.29, 0.717) is 51.2 Å². The maximum absolute atomic E-state index is 13.2. The van der Waals surface area contributed by atoms with Gasteiger partial charge in [0.05, 0.1) is 5.41 Å². The number of hydrogen-bond donors (Lipinski definition) is 9. The number of ether oxygens (including phenoxy) is 3. The second-order valence-electron chi connectivity index (χ2n) is 15.8. The molecular weight excluding hydrogens is 871 g/mol. The van der Waals surface area contributed by atoms with Crippen LogP contribution in [0.3, 0.4) is 0 Å². The van der Waals surface area contributed by atoms with E-state index < -0.39 is 61.6 Å². The lowest BCUT2D eigenvalue weighted by atomic mass is 9.94. The van der Waals surface area contributed by atoms with Crippen molar-refractivity contribution in [2.45, 2.75) is 27.7 Å². The number of rotatable bonds is 15. The third-order valence-corrected chi connectivity index (χ3v) is 9.95. The van der Waals surface area contributed by atoms with Crippen molar-refractivity contribution in [3.05, 3.63) is 162 Å². The first-order valence-electron chi connectivity index (χ1n) is 21.2. The Morgan fingerprint density at radius 2 is 0.618 bits per heavy atom. The van der Waals surface area contributed by atoms with Gasteiger partial charge >= 0.3 is 36.4 Å². The Bertz CT molecular complexity index is 2450.